The lowest BCUT2D eigenvalue weighted by atomic mass is 9.84. The van der Waals surface area contributed by atoms with E-state index in [1.54, 1.807) is 4.90 Å². The summed E-state index contributed by atoms with van der Waals surface area (Å²) in [6.45, 7) is 1.64. The molecule has 2 rings (SSSR count). The first-order valence-corrected chi connectivity index (χ1v) is 5.70. The number of carbonyl (C=O) groups excluding carboxylic acids is 2. The van der Waals surface area contributed by atoms with Crippen molar-refractivity contribution in [3.63, 3.8) is 0 Å². The highest BCUT2D eigenvalue weighted by Gasteiger charge is 2.33. The summed E-state index contributed by atoms with van der Waals surface area (Å²) >= 11 is 0. The van der Waals surface area contributed by atoms with Crippen molar-refractivity contribution in [3.05, 3.63) is 0 Å². The summed E-state index contributed by atoms with van der Waals surface area (Å²) in [6.07, 6.45) is 5.53. The normalized spacial score (nSPS) is 30.5. The van der Waals surface area contributed by atoms with Gasteiger partial charge in [-0.1, -0.05) is 0 Å². The molecular formula is C11H17NO3. The van der Waals surface area contributed by atoms with Gasteiger partial charge in [-0.3, -0.25) is 0 Å². The van der Waals surface area contributed by atoms with Crippen molar-refractivity contribution < 1.29 is 14.3 Å². The van der Waals surface area contributed by atoms with E-state index >= 15 is 0 Å². The van der Waals surface area contributed by atoms with Gasteiger partial charge in [0.25, 0.3) is 0 Å². The lowest BCUT2D eigenvalue weighted by Gasteiger charge is -2.34. The second-order valence-electron chi connectivity index (χ2n) is 4.42. The maximum absolute atomic E-state index is 11.6. The van der Waals surface area contributed by atoms with Gasteiger partial charge in [0.1, 0.15) is 12.4 Å². The Kier molecular flexibility index (Phi) is 3.23. The molecule has 2 fully saturated rings. The van der Waals surface area contributed by atoms with E-state index < -0.39 is 0 Å². The van der Waals surface area contributed by atoms with Crippen LogP contribution in [-0.4, -0.2) is 36.5 Å². The summed E-state index contributed by atoms with van der Waals surface area (Å²) in [6, 6.07) is 0. The van der Waals surface area contributed by atoms with Crippen molar-refractivity contribution in [2.75, 3.05) is 13.1 Å². The van der Waals surface area contributed by atoms with Crippen molar-refractivity contribution in [3.8, 4) is 0 Å². The molecule has 15 heavy (non-hydrogen) atoms. The van der Waals surface area contributed by atoms with E-state index in [9.17, 15) is 9.59 Å². The number of piperidine rings is 1. The van der Waals surface area contributed by atoms with Gasteiger partial charge in [-0.2, -0.15) is 0 Å². The average molecular weight is 211 g/mol. The highest BCUT2D eigenvalue weighted by Crippen LogP contribution is 2.28. The van der Waals surface area contributed by atoms with Crippen LogP contribution >= 0.6 is 0 Å². The van der Waals surface area contributed by atoms with Crippen LogP contribution in [0.2, 0.25) is 0 Å². The first-order valence-electron chi connectivity index (χ1n) is 5.70. The predicted molar refractivity (Wildman–Crippen MR) is 54.5 cm³/mol. The minimum absolute atomic E-state index is 0.0189. The number of amides is 1. The Balaban J connectivity index is 1.70. The van der Waals surface area contributed by atoms with Crippen LogP contribution in [-0.2, 0) is 9.53 Å². The van der Waals surface area contributed by atoms with Gasteiger partial charge >= 0.3 is 6.09 Å². The maximum atomic E-state index is 11.6. The molecule has 0 spiro atoms. The first kappa shape index (κ1) is 10.5. The molecule has 4 heteroatoms. The molecule has 0 aromatic heterocycles. The van der Waals surface area contributed by atoms with Crippen molar-refractivity contribution >= 4 is 12.4 Å². The summed E-state index contributed by atoms with van der Waals surface area (Å²) in [5.74, 6) is 0.115. The Bertz CT molecular complexity index is 242. The standard InChI is InChI=1S/C11H17NO3/c13-8-9-6-10(7-9)15-11(14)12-4-2-1-3-5-12/h8-10H,1-7H2. The number of rotatable bonds is 2. The number of hydrogen-bond donors (Lipinski definition) is 0. The molecule has 0 radical (unpaired) electrons. The van der Waals surface area contributed by atoms with Crippen molar-refractivity contribution in [2.24, 2.45) is 5.92 Å². The fraction of sp³-hybridized carbons (Fsp3) is 0.818. The molecule has 1 saturated carbocycles. The van der Waals surface area contributed by atoms with Gasteiger partial charge in [-0.25, -0.2) is 4.79 Å². The molecule has 0 aromatic carbocycles. The van der Waals surface area contributed by atoms with Gasteiger partial charge in [0.15, 0.2) is 0 Å². The molecule has 0 unspecified atom stereocenters. The van der Waals surface area contributed by atoms with Gasteiger partial charge in [0, 0.05) is 19.0 Å². The molecule has 1 heterocycles. The Morgan fingerprint density at radius 3 is 2.47 bits per heavy atom. The smallest absolute Gasteiger partial charge is 0.410 e. The minimum atomic E-state index is -0.191. The largest absolute Gasteiger partial charge is 0.446 e. The molecule has 0 bridgehead atoms. The molecule has 1 aliphatic carbocycles. The van der Waals surface area contributed by atoms with E-state index in [4.69, 9.17) is 4.74 Å². The van der Waals surface area contributed by atoms with Crippen molar-refractivity contribution in [1.29, 1.82) is 0 Å². The second-order valence-corrected chi connectivity index (χ2v) is 4.42. The predicted octanol–water partition coefficient (Wildman–Crippen LogP) is 1.59. The third-order valence-electron chi connectivity index (χ3n) is 3.21. The zero-order valence-electron chi connectivity index (χ0n) is 8.85. The van der Waals surface area contributed by atoms with Gasteiger partial charge in [0.05, 0.1) is 0 Å². The van der Waals surface area contributed by atoms with E-state index in [0.717, 1.165) is 32.2 Å². The summed E-state index contributed by atoms with van der Waals surface area (Å²) in [4.78, 5) is 23.8. The molecule has 1 aliphatic heterocycles. The van der Waals surface area contributed by atoms with E-state index in [1.807, 2.05) is 0 Å². The van der Waals surface area contributed by atoms with E-state index in [-0.39, 0.29) is 18.1 Å². The van der Waals surface area contributed by atoms with Crippen LogP contribution in [0.3, 0.4) is 0 Å². The van der Waals surface area contributed by atoms with Crippen LogP contribution < -0.4 is 0 Å². The van der Waals surface area contributed by atoms with Crippen molar-refractivity contribution in [2.45, 2.75) is 38.2 Å². The molecule has 4 nitrogen and oxygen atoms in total. The summed E-state index contributed by atoms with van der Waals surface area (Å²) in [7, 11) is 0. The summed E-state index contributed by atoms with van der Waals surface area (Å²) < 4.78 is 5.29. The SMILES string of the molecule is O=CC1CC(OC(=O)N2CCCCC2)C1. The molecule has 1 saturated heterocycles. The minimum Gasteiger partial charge on any atom is -0.446 e. The van der Waals surface area contributed by atoms with E-state index in [0.29, 0.717) is 12.8 Å². The van der Waals surface area contributed by atoms with Crippen LogP contribution in [0.1, 0.15) is 32.1 Å². The van der Waals surface area contributed by atoms with Crippen LogP contribution in [0.4, 0.5) is 4.79 Å². The molecule has 84 valence electrons. The Labute approximate surface area is 89.6 Å². The number of carbonyl (C=O) groups is 2. The summed E-state index contributed by atoms with van der Waals surface area (Å²) in [5, 5.41) is 0. The molecule has 0 atom stereocenters. The first-order chi connectivity index (χ1) is 7.29. The Morgan fingerprint density at radius 2 is 1.87 bits per heavy atom. The van der Waals surface area contributed by atoms with E-state index in [1.165, 1.54) is 6.42 Å². The number of aldehydes is 1. The Hall–Kier alpha value is -1.06. The monoisotopic (exact) mass is 211 g/mol. The van der Waals surface area contributed by atoms with Crippen molar-refractivity contribution in [1.82, 2.24) is 4.90 Å². The highest BCUT2D eigenvalue weighted by atomic mass is 16.6. The molecule has 0 N–H and O–H groups in total. The van der Waals surface area contributed by atoms with Crippen LogP contribution in [0, 0.1) is 5.92 Å². The number of likely N-dealkylation sites (tertiary alicyclic amines) is 1. The van der Waals surface area contributed by atoms with Crippen LogP contribution in [0.15, 0.2) is 0 Å². The van der Waals surface area contributed by atoms with E-state index in [2.05, 4.69) is 0 Å². The van der Waals surface area contributed by atoms with Gasteiger partial charge in [-0.05, 0) is 32.1 Å². The van der Waals surface area contributed by atoms with Gasteiger partial charge < -0.3 is 14.4 Å². The third-order valence-corrected chi connectivity index (χ3v) is 3.21. The molecule has 0 aromatic rings. The summed E-state index contributed by atoms with van der Waals surface area (Å²) in [5.41, 5.74) is 0. The fourth-order valence-electron chi connectivity index (χ4n) is 2.11. The molecule has 2 aliphatic rings. The number of nitrogens with zero attached hydrogens (tertiary/aromatic N) is 1. The highest BCUT2D eigenvalue weighted by molar-refractivity contribution is 5.68. The average Bonchev–Trinajstić information content (AvgIpc) is 2.23. The zero-order chi connectivity index (χ0) is 10.7. The zero-order valence-corrected chi connectivity index (χ0v) is 8.85. The van der Waals surface area contributed by atoms with Gasteiger partial charge in [-0.15, -0.1) is 0 Å². The second kappa shape index (κ2) is 4.64. The number of ether oxygens (including phenoxy) is 1. The lowest BCUT2D eigenvalue weighted by molar-refractivity contribution is -0.117. The number of hydrogen-bond acceptors (Lipinski definition) is 3. The molecular weight excluding hydrogens is 194 g/mol. The Morgan fingerprint density at radius 1 is 1.20 bits per heavy atom. The van der Waals surface area contributed by atoms with Gasteiger partial charge in [0.2, 0.25) is 0 Å². The quantitative estimate of drug-likeness (QED) is 0.651. The fourth-order valence-corrected chi connectivity index (χ4v) is 2.11. The third kappa shape index (κ3) is 2.49. The maximum Gasteiger partial charge on any atom is 0.410 e. The molecule has 1 amide bonds. The lowest BCUT2D eigenvalue weighted by Crippen LogP contribution is -2.41. The topological polar surface area (TPSA) is 46.6 Å². The van der Waals surface area contributed by atoms with Crippen LogP contribution in [0.5, 0.6) is 0 Å². The van der Waals surface area contributed by atoms with Crippen LogP contribution in [0.25, 0.3) is 0 Å².